The van der Waals surface area contributed by atoms with E-state index in [9.17, 15) is 8.42 Å². The first-order valence-corrected chi connectivity index (χ1v) is 8.11. The number of hydrogen-bond acceptors (Lipinski definition) is 3. The van der Waals surface area contributed by atoms with Gasteiger partial charge < -0.3 is 5.32 Å². The number of aryl methyl sites for hydroxylation is 1. The summed E-state index contributed by atoms with van der Waals surface area (Å²) in [6.45, 7) is 3.50. The number of halogens is 1. The minimum Gasteiger partial charge on any atom is -0.315 e. The van der Waals surface area contributed by atoms with Crippen molar-refractivity contribution >= 4 is 26.0 Å². The number of nitrogens with zero attached hydrogens (tertiary/aromatic N) is 1. The van der Waals surface area contributed by atoms with Crippen molar-refractivity contribution in [3.05, 3.63) is 28.2 Å². The van der Waals surface area contributed by atoms with Crippen LogP contribution in [0.15, 0.2) is 27.6 Å². The molecule has 2 rings (SSSR count). The van der Waals surface area contributed by atoms with E-state index in [1.807, 2.05) is 6.92 Å². The Morgan fingerprint density at radius 1 is 1.44 bits per heavy atom. The Hall–Kier alpha value is -0.430. The van der Waals surface area contributed by atoms with Crippen molar-refractivity contribution < 1.29 is 8.42 Å². The minimum atomic E-state index is -3.39. The summed E-state index contributed by atoms with van der Waals surface area (Å²) in [5, 5.41) is 3.18. The van der Waals surface area contributed by atoms with Gasteiger partial charge in [0, 0.05) is 24.1 Å². The molecule has 4 nitrogen and oxygen atoms in total. The van der Waals surface area contributed by atoms with Gasteiger partial charge in [-0.25, -0.2) is 8.42 Å². The second-order valence-electron chi connectivity index (χ2n) is 4.58. The molecule has 1 heterocycles. The summed E-state index contributed by atoms with van der Waals surface area (Å²) in [4.78, 5) is 0.359. The Morgan fingerprint density at radius 3 is 2.72 bits per heavy atom. The molecule has 0 aliphatic carbocycles. The Labute approximate surface area is 117 Å². The van der Waals surface area contributed by atoms with Gasteiger partial charge in [0.05, 0.1) is 4.90 Å². The van der Waals surface area contributed by atoms with Crippen molar-refractivity contribution in [1.29, 1.82) is 0 Å². The molecule has 0 radical (unpaired) electrons. The molecule has 0 aromatic heterocycles. The van der Waals surface area contributed by atoms with Crippen molar-refractivity contribution in [2.24, 2.45) is 0 Å². The highest BCUT2D eigenvalue weighted by atomic mass is 79.9. The van der Waals surface area contributed by atoms with Gasteiger partial charge in [-0.3, -0.25) is 0 Å². The minimum absolute atomic E-state index is 0.0546. The third-order valence-electron chi connectivity index (χ3n) is 3.35. The molecule has 6 heteroatoms. The van der Waals surface area contributed by atoms with Gasteiger partial charge in [-0.15, -0.1) is 0 Å². The molecule has 0 spiro atoms. The maximum atomic E-state index is 12.5. The first kappa shape index (κ1) is 14.0. The first-order valence-electron chi connectivity index (χ1n) is 5.88. The number of sulfonamides is 1. The summed E-state index contributed by atoms with van der Waals surface area (Å²) in [7, 11) is -1.73. The smallest absolute Gasteiger partial charge is 0.243 e. The normalized spacial score (nSPS) is 20.6. The third kappa shape index (κ3) is 2.61. The molecule has 100 valence electrons. The van der Waals surface area contributed by atoms with Crippen LogP contribution in [0.5, 0.6) is 0 Å². The van der Waals surface area contributed by atoms with Crippen LogP contribution >= 0.6 is 15.9 Å². The Kier molecular flexibility index (Phi) is 4.11. The highest BCUT2D eigenvalue weighted by Gasteiger charge is 2.29. The molecule has 0 unspecified atom stereocenters. The molecular formula is C12H17BrN2O2S. The number of nitrogens with one attached hydrogen (secondary N) is 1. The van der Waals surface area contributed by atoms with Gasteiger partial charge in [-0.1, -0.05) is 15.9 Å². The van der Waals surface area contributed by atoms with Gasteiger partial charge in [0.2, 0.25) is 10.0 Å². The summed E-state index contributed by atoms with van der Waals surface area (Å²) in [5.74, 6) is 0. The molecule has 1 saturated heterocycles. The van der Waals surface area contributed by atoms with Gasteiger partial charge in [-0.2, -0.15) is 4.31 Å². The number of benzene rings is 1. The molecule has 0 bridgehead atoms. The molecule has 1 aliphatic rings. The van der Waals surface area contributed by atoms with Crippen molar-refractivity contribution in [2.45, 2.75) is 24.3 Å². The van der Waals surface area contributed by atoms with Crippen LogP contribution in [0.1, 0.15) is 12.0 Å². The fraction of sp³-hybridized carbons (Fsp3) is 0.500. The van der Waals surface area contributed by atoms with Crippen LogP contribution in [0.2, 0.25) is 0 Å². The van der Waals surface area contributed by atoms with E-state index in [2.05, 4.69) is 21.2 Å². The summed E-state index contributed by atoms with van der Waals surface area (Å²) in [6, 6.07) is 5.19. The number of likely N-dealkylation sites (N-methyl/N-ethyl adjacent to an activating group) is 1. The van der Waals surface area contributed by atoms with Crippen molar-refractivity contribution in [2.75, 3.05) is 20.1 Å². The Bertz CT molecular complexity index is 539. The topological polar surface area (TPSA) is 49.4 Å². The monoisotopic (exact) mass is 332 g/mol. The quantitative estimate of drug-likeness (QED) is 0.917. The Morgan fingerprint density at radius 2 is 2.17 bits per heavy atom. The van der Waals surface area contributed by atoms with Crippen LogP contribution in [0.25, 0.3) is 0 Å². The van der Waals surface area contributed by atoms with Crippen LogP contribution in [-0.4, -0.2) is 38.9 Å². The van der Waals surface area contributed by atoms with E-state index in [0.717, 1.165) is 29.5 Å². The molecule has 1 aromatic carbocycles. The Balaban J connectivity index is 2.32. The van der Waals surface area contributed by atoms with Gasteiger partial charge >= 0.3 is 0 Å². The largest absolute Gasteiger partial charge is 0.315 e. The molecule has 1 N–H and O–H groups in total. The second kappa shape index (κ2) is 5.28. The molecule has 1 aromatic rings. The number of hydrogen-bond donors (Lipinski definition) is 1. The standard InChI is InChI=1S/C12H17BrN2O2S/c1-9-7-11(3-4-12(9)13)18(16,17)15(2)10-5-6-14-8-10/h3-4,7,10,14H,5-6,8H2,1-2H3/t10-/m1/s1. The van der Waals surface area contributed by atoms with Gasteiger partial charge in [0.15, 0.2) is 0 Å². The summed E-state index contributed by atoms with van der Waals surface area (Å²) >= 11 is 3.38. The molecule has 1 aliphatic heterocycles. The zero-order chi connectivity index (χ0) is 13.3. The van der Waals surface area contributed by atoms with E-state index < -0.39 is 10.0 Å². The lowest BCUT2D eigenvalue weighted by Crippen LogP contribution is -2.38. The van der Waals surface area contributed by atoms with Crippen LogP contribution < -0.4 is 5.32 Å². The summed E-state index contributed by atoms with van der Waals surface area (Å²) in [5.41, 5.74) is 0.925. The maximum absolute atomic E-state index is 12.5. The van der Waals surface area contributed by atoms with Crippen molar-refractivity contribution in [1.82, 2.24) is 9.62 Å². The lowest BCUT2D eigenvalue weighted by molar-refractivity contribution is 0.387. The zero-order valence-electron chi connectivity index (χ0n) is 10.5. The van der Waals surface area contributed by atoms with Crippen LogP contribution in [0, 0.1) is 6.92 Å². The highest BCUT2D eigenvalue weighted by molar-refractivity contribution is 9.10. The predicted octanol–water partition coefficient (Wildman–Crippen LogP) is 1.74. The van der Waals surface area contributed by atoms with Gasteiger partial charge in [-0.05, 0) is 43.7 Å². The molecule has 0 amide bonds. The zero-order valence-corrected chi connectivity index (χ0v) is 12.9. The predicted molar refractivity (Wildman–Crippen MR) is 75.1 cm³/mol. The average Bonchev–Trinajstić information content (AvgIpc) is 2.85. The van der Waals surface area contributed by atoms with E-state index in [-0.39, 0.29) is 6.04 Å². The van der Waals surface area contributed by atoms with Gasteiger partial charge in [0.1, 0.15) is 0 Å². The fourth-order valence-corrected chi connectivity index (χ4v) is 3.81. The van der Waals surface area contributed by atoms with Gasteiger partial charge in [0.25, 0.3) is 0 Å². The SMILES string of the molecule is Cc1cc(S(=O)(=O)N(C)[C@@H]2CCNC2)ccc1Br. The molecular weight excluding hydrogens is 316 g/mol. The lowest BCUT2D eigenvalue weighted by atomic mass is 10.2. The van der Waals surface area contributed by atoms with E-state index in [1.54, 1.807) is 25.2 Å². The third-order valence-corrected chi connectivity index (χ3v) is 6.15. The van der Waals surface area contributed by atoms with Crippen LogP contribution in [0.4, 0.5) is 0 Å². The van der Waals surface area contributed by atoms with Crippen molar-refractivity contribution in [3.63, 3.8) is 0 Å². The molecule has 18 heavy (non-hydrogen) atoms. The van der Waals surface area contributed by atoms with E-state index in [4.69, 9.17) is 0 Å². The number of rotatable bonds is 3. The molecule has 1 fully saturated rings. The summed E-state index contributed by atoms with van der Waals surface area (Å²) in [6.07, 6.45) is 0.866. The van der Waals surface area contributed by atoms with E-state index >= 15 is 0 Å². The second-order valence-corrected chi connectivity index (χ2v) is 7.43. The summed E-state index contributed by atoms with van der Waals surface area (Å²) < 4.78 is 27.3. The maximum Gasteiger partial charge on any atom is 0.243 e. The molecule has 1 atom stereocenters. The fourth-order valence-electron chi connectivity index (χ4n) is 2.09. The van der Waals surface area contributed by atoms with Crippen LogP contribution in [0.3, 0.4) is 0 Å². The highest BCUT2D eigenvalue weighted by Crippen LogP contribution is 2.24. The first-order chi connectivity index (χ1) is 8.43. The molecule has 0 saturated carbocycles. The lowest BCUT2D eigenvalue weighted by Gasteiger charge is -2.23. The van der Waals surface area contributed by atoms with Crippen LogP contribution in [-0.2, 0) is 10.0 Å². The van der Waals surface area contributed by atoms with E-state index in [1.165, 1.54) is 4.31 Å². The average molecular weight is 333 g/mol. The van der Waals surface area contributed by atoms with Crippen molar-refractivity contribution in [3.8, 4) is 0 Å². The van der Waals surface area contributed by atoms with E-state index in [0.29, 0.717) is 4.90 Å².